The van der Waals surface area contributed by atoms with Crippen molar-refractivity contribution in [3.8, 4) is 0 Å². The Balaban J connectivity index is 2.16. The first-order chi connectivity index (χ1) is 8.69. The van der Waals surface area contributed by atoms with E-state index in [9.17, 15) is 0 Å². The van der Waals surface area contributed by atoms with Gasteiger partial charge in [-0.05, 0) is 24.3 Å². The Kier molecular flexibility index (Phi) is 4.03. The van der Waals surface area contributed by atoms with E-state index in [2.05, 4.69) is 0 Å². The van der Waals surface area contributed by atoms with Gasteiger partial charge in [0.25, 0.3) is 0 Å². The number of hydrogen-bond acceptors (Lipinski definition) is 3. The molecule has 0 aromatic rings. The molecule has 2 aliphatic carbocycles. The van der Waals surface area contributed by atoms with E-state index in [1.54, 1.807) is 24.3 Å². The van der Waals surface area contributed by atoms with Gasteiger partial charge < -0.3 is 16.2 Å². The van der Waals surface area contributed by atoms with Crippen molar-refractivity contribution in [3.63, 3.8) is 0 Å². The fraction of sp³-hybridized carbons (Fsp3) is 0.333. The van der Waals surface area contributed by atoms with Crippen LogP contribution in [0.1, 0.15) is 12.8 Å². The zero-order valence-electron chi connectivity index (χ0n) is 9.80. The van der Waals surface area contributed by atoms with Crippen molar-refractivity contribution >= 4 is 46.4 Å². The Morgan fingerprint density at radius 1 is 0.842 bits per heavy atom. The molecule has 0 saturated heterocycles. The minimum Gasteiger partial charge on any atom is -0.454 e. The van der Waals surface area contributed by atoms with Crippen LogP contribution in [0.15, 0.2) is 47.2 Å². The summed E-state index contributed by atoms with van der Waals surface area (Å²) < 4.78 is 3.65. The van der Waals surface area contributed by atoms with Crippen molar-refractivity contribution in [1.29, 1.82) is 0 Å². The Labute approximate surface area is 131 Å². The molecule has 0 unspecified atom stereocenters. The first-order valence-corrected chi connectivity index (χ1v) is 6.99. The molecule has 2 rings (SSSR count). The topological polar surface area (TPSA) is 61.3 Å². The van der Waals surface area contributed by atoms with Gasteiger partial charge in [-0.3, -0.25) is 0 Å². The molecule has 3 nitrogen and oxygen atoms in total. The van der Waals surface area contributed by atoms with Crippen LogP contribution in [0.4, 0.5) is 0 Å². The van der Waals surface area contributed by atoms with Gasteiger partial charge in [0.05, 0.1) is 11.4 Å². The number of ether oxygens (including phenoxy) is 1. The summed E-state index contributed by atoms with van der Waals surface area (Å²) in [5.74, 6) is 0.937. The Bertz CT molecular complexity index is 472. The second-order valence-corrected chi connectivity index (χ2v) is 7.51. The van der Waals surface area contributed by atoms with Crippen molar-refractivity contribution in [2.75, 3.05) is 0 Å². The van der Waals surface area contributed by atoms with Gasteiger partial charge >= 0.3 is 0 Å². The minimum absolute atomic E-state index is 0.286. The molecular formula is C12H12Cl4N2O. The monoisotopic (exact) mass is 340 g/mol. The fourth-order valence-corrected chi connectivity index (χ4v) is 2.55. The average molecular weight is 342 g/mol. The van der Waals surface area contributed by atoms with Crippen LogP contribution in [0, 0.1) is 0 Å². The smallest absolute Gasteiger partial charge is 0.146 e. The third-order valence-corrected chi connectivity index (χ3v) is 3.70. The van der Waals surface area contributed by atoms with Crippen LogP contribution in [-0.4, -0.2) is 8.67 Å². The summed E-state index contributed by atoms with van der Waals surface area (Å²) in [6, 6.07) is 0. The lowest BCUT2D eigenvalue weighted by atomic mass is 10.1. The second kappa shape index (κ2) is 5.13. The highest BCUT2D eigenvalue weighted by molar-refractivity contribution is 6.50. The molecule has 0 spiro atoms. The van der Waals surface area contributed by atoms with Crippen LogP contribution in [-0.2, 0) is 4.74 Å². The average Bonchev–Trinajstić information content (AvgIpc) is 2.23. The number of allylic oxidation sites excluding steroid dienone is 6. The number of halogens is 4. The zero-order valence-corrected chi connectivity index (χ0v) is 12.8. The third kappa shape index (κ3) is 3.76. The number of rotatable bonds is 2. The minimum atomic E-state index is -0.999. The Morgan fingerprint density at radius 3 is 1.53 bits per heavy atom. The maximum Gasteiger partial charge on any atom is 0.146 e. The summed E-state index contributed by atoms with van der Waals surface area (Å²) >= 11 is 23.9. The maximum absolute atomic E-state index is 5.96. The molecule has 0 fully saturated rings. The van der Waals surface area contributed by atoms with Crippen molar-refractivity contribution in [3.05, 3.63) is 47.2 Å². The highest BCUT2D eigenvalue weighted by Gasteiger charge is 2.29. The van der Waals surface area contributed by atoms with Gasteiger partial charge in [0.2, 0.25) is 0 Å². The van der Waals surface area contributed by atoms with Gasteiger partial charge in [0, 0.05) is 12.8 Å². The maximum atomic E-state index is 5.96. The zero-order chi connectivity index (χ0) is 14.3. The van der Waals surface area contributed by atoms with Gasteiger partial charge in [-0.1, -0.05) is 46.4 Å². The van der Waals surface area contributed by atoms with E-state index < -0.39 is 8.67 Å². The molecule has 7 heteroatoms. The lowest BCUT2D eigenvalue weighted by Gasteiger charge is -2.25. The molecule has 0 atom stereocenters. The molecule has 4 N–H and O–H groups in total. The molecule has 0 bridgehead atoms. The number of alkyl halides is 4. The molecule has 2 aliphatic rings. The van der Waals surface area contributed by atoms with Gasteiger partial charge in [-0.15, -0.1) is 0 Å². The summed E-state index contributed by atoms with van der Waals surface area (Å²) in [4.78, 5) is 0. The number of hydrogen-bond donors (Lipinski definition) is 2. The summed E-state index contributed by atoms with van der Waals surface area (Å²) in [7, 11) is 0. The van der Waals surface area contributed by atoms with Gasteiger partial charge in [-0.2, -0.15) is 0 Å². The quantitative estimate of drug-likeness (QED) is 0.754. The predicted octanol–water partition coefficient (Wildman–Crippen LogP) is 3.61. The molecule has 0 amide bonds. The van der Waals surface area contributed by atoms with E-state index in [1.165, 1.54) is 0 Å². The van der Waals surface area contributed by atoms with Crippen LogP contribution in [0.25, 0.3) is 0 Å². The first kappa shape index (κ1) is 14.9. The summed E-state index contributed by atoms with van der Waals surface area (Å²) in [6.07, 6.45) is 7.03. The highest BCUT2D eigenvalue weighted by atomic mass is 35.5. The molecule has 0 heterocycles. The van der Waals surface area contributed by atoms with E-state index in [0.717, 1.165) is 0 Å². The van der Waals surface area contributed by atoms with E-state index in [0.29, 0.717) is 22.9 Å². The van der Waals surface area contributed by atoms with E-state index in [1.807, 2.05) is 0 Å². The Morgan fingerprint density at radius 2 is 1.21 bits per heavy atom. The summed E-state index contributed by atoms with van der Waals surface area (Å²) in [5.41, 5.74) is 12.6. The molecule has 0 saturated carbocycles. The van der Waals surface area contributed by atoms with Crippen LogP contribution in [0.3, 0.4) is 0 Å². The lowest BCUT2D eigenvalue weighted by molar-refractivity contribution is 0.317. The molecule has 0 radical (unpaired) electrons. The van der Waals surface area contributed by atoms with Gasteiger partial charge in [0.15, 0.2) is 0 Å². The lowest BCUT2D eigenvalue weighted by Crippen LogP contribution is -2.22. The third-order valence-electron chi connectivity index (χ3n) is 2.66. The van der Waals surface area contributed by atoms with Crippen molar-refractivity contribution in [2.45, 2.75) is 21.5 Å². The number of nitrogens with two attached hydrogens (primary N) is 2. The predicted molar refractivity (Wildman–Crippen MR) is 79.9 cm³/mol. The van der Waals surface area contributed by atoms with Gasteiger partial charge in [0.1, 0.15) is 20.2 Å². The largest absolute Gasteiger partial charge is 0.454 e. The molecule has 0 aromatic carbocycles. The summed E-state index contributed by atoms with van der Waals surface area (Å²) in [6.45, 7) is 0. The Hall–Kier alpha value is -0.480. The van der Waals surface area contributed by atoms with Crippen LogP contribution in [0.5, 0.6) is 0 Å². The van der Waals surface area contributed by atoms with Crippen molar-refractivity contribution < 1.29 is 4.74 Å². The molecule has 0 aliphatic heterocycles. The standard InChI is InChI=1S/C12H12Cl4N2O/c13-11(14)3-1-9(7(17)5-11)19-10-2-4-12(15,16)6-8(10)18/h1-4H,5-6,17-18H2. The van der Waals surface area contributed by atoms with E-state index in [-0.39, 0.29) is 12.8 Å². The van der Waals surface area contributed by atoms with E-state index in [4.69, 9.17) is 62.6 Å². The molecule has 0 aromatic heterocycles. The van der Waals surface area contributed by atoms with Crippen molar-refractivity contribution in [1.82, 2.24) is 0 Å². The summed E-state index contributed by atoms with van der Waals surface area (Å²) in [5, 5.41) is 0. The molecular weight excluding hydrogens is 330 g/mol. The van der Waals surface area contributed by atoms with Crippen molar-refractivity contribution in [2.24, 2.45) is 11.5 Å². The van der Waals surface area contributed by atoms with Crippen LogP contribution >= 0.6 is 46.4 Å². The van der Waals surface area contributed by atoms with Gasteiger partial charge in [-0.25, -0.2) is 0 Å². The normalized spacial score (nSPS) is 24.8. The first-order valence-electron chi connectivity index (χ1n) is 5.48. The molecule has 19 heavy (non-hydrogen) atoms. The van der Waals surface area contributed by atoms with Crippen LogP contribution in [0.2, 0.25) is 0 Å². The molecule has 104 valence electrons. The fourth-order valence-electron chi connectivity index (χ4n) is 1.73. The second-order valence-electron chi connectivity index (χ2n) is 4.42. The van der Waals surface area contributed by atoms with E-state index >= 15 is 0 Å². The SMILES string of the molecule is NC1=C(OC2=C(N)CC(Cl)(Cl)C=C2)C=CC(Cl)(Cl)C1. The van der Waals surface area contributed by atoms with Crippen LogP contribution < -0.4 is 11.5 Å². The highest BCUT2D eigenvalue weighted by Crippen LogP contribution is 2.37.